The van der Waals surface area contributed by atoms with Crippen LogP contribution in [0.1, 0.15) is 40.5 Å². The molecular weight excluding hydrogens is 487 g/mol. The summed E-state index contributed by atoms with van der Waals surface area (Å²) < 4.78 is 5.39. The molecule has 2 aliphatic rings. The number of hydrogen-bond acceptors (Lipinski definition) is 5. The highest BCUT2D eigenvalue weighted by Crippen LogP contribution is 2.29. The zero-order valence-electron chi connectivity index (χ0n) is 20.0. The predicted molar refractivity (Wildman–Crippen MR) is 141 cm³/mol. The van der Waals surface area contributed by atoms with Crippen molar-refractivity contribution in [2.75, 3.05) is 62.7 Å². The second-order valence-corrected chi connectivity index (χ2v) is 10.0. The average Bonchev–Trinajstić information content (AvgIpc) is 2.87. The summed E-state index contributed by atoms with van der Waals surface area (Å²) in [6.45, 7) is 8.62. The number of carbonyl (C=O) groups excluding carboxylic acids is 2. The van der Waals surface area contributed by atoms with E-state index in [4.69, 9.17) is 27.9 Å². The van der Waals surface area contributed by atoms with Gasteiger partial charge < -0.3 is 20.3 Å². The van der Waals surface area contributed by atoms with E-state index in [-0.39, 0.29) is 11.8 Å². The molecule has 0 aromatic heterocycles. The highest BCUT2D eigenvalue weighted by Gasteiger charge is 2.22. The maximum atomic E-state index is 13.3. The van der Waals surface area contributed by atoms with Crippen LogP contribution in [0.15, 0.2) is 36.4 Å². The summed E-state index contributed by atoms with van der Waals surface area (Å²) in [5, 5.41) is 6.65. The van der Waals surface area contributed by atoms with E-state index in [1.54, 1.807) is 18.2 Å². The topological polar surface area (TPSA) is 73.9 Å². The van der Waals surface area contributed by atoms with Gasteiger partial charge in [-0.05, 0) is 55.2 Å². The molecule has 2 heterocycles. The smallest absolute Gasteiger partial charge is 0.255 e. The lowest BCUT2D eigenvalue weighted by Crippen LogP contribution is -2.41. The SMILES string of the molecule is CC1CCN(c2ccc(NC(=O)c3ccc(Cl)c(Cl)c3)cc2C(=O)NCCN2CCOCC2)CC1. The minimum Gasteiger partial charge on any atom is -0.379 e. The Hall–Kier alpha value is -2.32. The van der Waals surface area contributed by atoms with Crippen molar-refractivity contribution in [3.63, 3.8) is 0 Å². The number of benzene rings is 2. The number of carbonyl (C=O) groups is 2. The number of morpholine rings is 1. The van der Waals surface area contributed by atoms with Gasteiger partial charge in [0.25, 0.3) is 11.8 Å². The van der Waals surface area contributed by atoms with Crippen LogP contribution in [0.5, 0.6) is 0 Å². The number of anilines is 2. The lowest BCUT2D eigenvalue weighted by Gasteiger charge is -2.33. The molecule has 188 valence electrons. The number of halogens is 2. The third kappa shape index (κ3) is 6.88. The Morgan fingerprint density at radius 1 is 0.971 bits per heavy atom. The number of amides is 2. The van der Waals surface area contributed by atoms with E-state index in [1.165, 1.54) is 6.07 Å². The van der Waals surface area contributed by atoms with Gasteiger partial charge in [-0.2, -0.15) is 0 Å². The van der Waals surface area contributed by atoms with Crippen LogP contribution in [-0.2, 0) is 4.74 Å². The Kier molecular flexibility index (Phi) is 8.89. The number of rotatable bonds is 7. The maximum Gasteiger partial charge on any atom is 0.255 e. The van der Waals surface area contributed by atoms with E-state index in [1.807, 2.05) is 12.1 Å². The van der Waals surface area contributed by atoms with Gasteiger partial charge in [-0.25, -0.2) is 0 Å². The second-order valence-electron chi connectivity index (χ2n) is 9.19. The first-order valence-electron chi connectivity index (χ1n) is 12.1. The standard InChI is InChI=1S/C26H32Cl2N4O3/c1-18-6-9-32(10-7-18)24-5-3-20(30-25(33)19-2-4-22(27)23(28)16-19)17-21(24)26(34)29-8-11-31-12-14-35-15-13-31/h2-5,16-18H,6-15H2,1H3,(H,29,34)(H,30,33). The molecule has 0 saturated carbocycles. The van der Waals surface area contributed by atoms with Gasteiger partial charge in [0.1, 0.15) is 0 Å². The molecule has 2 N–H and O–H groups in total. The van der Waals surface area contributed by atoms with Crippen molar-refractivity contribution >= 4 is 46.4 Å². The minimum atomic E-state index is -0.318. The zero-order chi connectivity index (χ0) is 24.8. The zero-order valence-corrected chi connectivity index (χ0v) is 21.5. The summed E-state index contributed by atoms with van der Waals surface area (Å²) >= 11 is 12.0. The molecule has 0 spiro atoms. The molecule has 0 radical (unpaired) electrons. The number of nitrogens with zero attached hydrogens (tertiary/aromatic N) is 2. The molecular formula is C26H32Cl2N4O3. The van der Waals surface area contributed by atoms with E-state index in [0.717, 1.165) is 64.5 Å². The van der Waals surface area contributed by atoms with Crippen LogP contribution in [0.2, 0.25) is 10.0 Å². The van der Waals surface area contributed by atoms with Gasteiger partial charge in [-0.15, -0.1) is 0 Å². The van der Waals surface area contributed by atoms with Crippen LogP contribution in [0, 0.1) is 5.92 Å². The predicted octanol–water partition coefficient (Wildman–Crippen LogP) is 4.54. The molecule has 2 amide bonds. The molecule has 2 aliphatic heterocycles. The van der Waals surface area contributed by atoms with Gasteiger partial charge in [0.2, 0.25) is 0 Å². The van der Waals surface area contributed by atoms with Gasteiger partial charge in [0, 0.05) is 56.2 Å². The third-order valence-electron chi connectivity index (χ3n) is 6.62. The molecule has 2 aromatic rings. The fourth-order valence-electron chi connectivity index (χ4n) is 4.41. The normalized spacial score (nSPS) is 17.3. The molecule has 0 bridgehead atoms. The van der Waals surface area contributed by atoms with E-state index in [9.17, 15) is 9.59 Å². The number of piperidine rings is 1. The van der Waals surface area contributed by atoms with Gasteiger partial charge >= 0.3 is 0 Å². The van der Waals surface area contributed by atoms with Crippen molar-refractivity contribution < 1.29 is 14.3 Å². The lowest BCUT2D eigenvalue weighted by molar-refractivity contribution is 0.0383. The monoisotopic (exact) mass is 518 g/mol. The summed E-state index contributed by atoms with van der Waals surface area (Å²) in [6.07, 6.45) is 2.18. The first-order valence-corrected chi connectivity index (χ1v) is 12.9. The molecule has 0 unspecified atom stereocenters. The van der Waals surface area contributed by atoms with E-state index in [2.05, 4.69) is 27.4 Å². The third-order valence-corrected chi connectivity index (χ3v) is 7.36. The maximum absolute atomic E-state index is 13.3. The molecule has 2 fully saturated rings. The van der Waals surface area contributed by atoms with Crippen LogP contribution >= 0.6 is 23.2 Å². The van der Waals surface area contributed by atoms with Gasteiger partial charge in [-0.3, -0.25) is 14.5 Å². The van der Waals surface area contributed by atoms with Gasteiger partial charge in [0.15, 0.2) is 0 Å². The number of ether oxygens (including phenoxy) is 1. The molecule has 0 aliphatic carbocycles. The highest BCUT2D eigenvalue weighted by molar-refractivity contribution is 6.42. The van der Waals surface area contributed by atoms with Crippen LogP contribution < -0.4 is 15.5 Å². The number of hydrogen-bond donors (Lipinski definition) is 2. The van der Waals surface area contributed by atoms with Crippen LogP contribution in [0.25, 0.3) is 0 Å². The Morgan fingerprint density at radius 2 is 1.71 bits per heavy atom. The Morgan fingerprint density at radius 3 is 2.43 bits per heavy atom. The molecule has 0 atom stereocenters. The Labute approximate surface area is 216 Å². The summed E-state index contributed by atoms with van der Waals surface area (Å²) in [5.74, 6) is 0.223. The molecule has 2 aromatic carbocycles. The van der Waals surface area contributed by atoms with Crippen molar-refractivity contribution in [3.05, 3.63) is 57.6 Å². The molecule has 2 saturated heterocycles. The Balaban J connectivity index is 1.50. The van der Waals surface area contributed by atoms with Crippen LogP contribution in [-0.4, -0.2) is 69.2 Å². The van der Waals surface area contributed by atoms with Crippen molar-refractivity contribution in [1.29, 1.82) is 0 Å². The quantitative estimate of drug-likeness (QED) is 0.562. The van der Waals surface area contributed by atoms with Gasteiger partial charge in [-0.1, -0.05) is 30.1 Å². The van der Waals surface area contributed by atoms with Gasteiger partial charge in [0.05, 0.1) is 28.8 Å². The van der Waals surface area contributed by atoms with E-state index < -0.39 is 0 Å². The van der Waals surface area contributed by atoms with Crippen molar-refractivity contribution in [3.8, 4) is 0 Å². The van der Waals surface area contributed by atoms with Crippen molar-refractivity contribution in [2.24, 2.45) is 5.92 Å². The van der Waals surface area contributed by atoms with Crippen LogP contribution in [0.3, 0.4) is 0 Å². The fourth-order valence-corrected chi connectivity index (χ4v) is 4.71. The molecule has 4 rings (SSSR count). The summed E-state index contributed by atoms with van der Waals surface area (Å²) in [5.41, 5.74) is 2.40. The first-order chi connectivity index (χ1) is 16.9. The molecule has 35 heavy (non-hydrogen) atoms. The van der Waals surface area contributed by atoms with Crippen molar-refractivity contribution in [2.45, 2.75) is 19.8 Å². The average molecular weight is 519 g/mol. The molecule has 9 heteroatoms. The summed E-state index contributed by atoms with van der Waals surface area (Å²) in [6, 6.07) is 10.3. The summed E-state index contributed by atoms with van der Waals surface area (Å²) in [7, 11) is 0. The van der Waals surface area contributed by atoms with Crippen LogP contribution in [0.4, 0.5) is 11.4 Å². The minimum absolute atomic E-state index is 0.141. The lowest BCUT2D eigenvalue weighted by atomic mass is 9.97. The molecule has 7 nitrogen and oxygen atoms in total. The van der Waals surface area contributed by atoms with Crippen molar-refractivity contribution in [1.82, 2.24) is 10.2 Å². The largest absolute Gasteiger partial charge is 0.379 e. The Bertz CT molecular complexity index is 1050. The summed E-state index contributed by atoms with van der Waals surface area (Å²) in [4.78, 5) is 30.6. The first kappa shape index (κ1) is 25.8. The number of nitrogens with one attached hydrogen (secondary N) is 2. The van der Waals surface area contributed by atoms with E-state index >= 15 is 0 Å². The fraction of sp³-hybridized carbons (Fsp3) is 0.462. The second kappa shape index (κ2) is 12.1. The van der Waals surface area contributed by atoms with E-state index in [0.29, 0.717) is 39.3 Å². The highest BCUT2D eigenvalue weighted by atomic mass is 35.5.